The number of hydrogen-bond acceptors (Lipinski definition) is 5. The van der Waals surface area contributed by atoms with Crippen LogP contribution in [-0.4, -0.2) is 44.3 Å². The second-order valence-corrected chi connectivity index (χ2v) is 10.1. The van der Waals surface area contributed by atoms with Gasteiger partial charge in [-0.15, -0.1) is 0 Å². The summed E-state index contributed by atoms with van der Waals surface area (Å²) < 4.78 is 7.89. The molecule has 2 N–H and O–H groups in total. The molecule has 4 aromatic rings. The number of benzene rings is 2. The summed E-state index contributed by atoms with van der Waals surface area (Å²) in [4.78, 5) is 36.5. The van der Waals surface area contributed by atoms with Gasteiger partial charge in [0, 0.05) is 25.2 Å². The Hall–Kier alpha value is -3.39. The first-order valence-corrected chi connectivity index (χ1v) is 12.7. The van der Waals surface area contributed by atoms with Crippen molar-refractivity contribution in [2.24, 2.45) is 5.92 Å². The summed E-state index contributed by atoms with van der Waals surface area (Å²) in [5.41, 5.74) is 3.66. The third kappa shape index (κ3) is 4.16. The molecule has 35 heavy (non-hydrogen) atoms. The first-order chi connectivity index (χ1) is 17.1. The lowest BCUT2D eigenvalue weighted by atomic mass is 9.99. The van der Waals surface area contributed by atoms with E-state index >= 15 is 0 Å². The van der Waals surface area contributed by atoms with E-state index < -0.39 is 0 Å². The van der Waals surface area contributed by atoms with Gasteiger partial charge in [-0.25, -0.2) is 4.98 Å². The average Bonchev–Trinajstić information content (AvgIpc) is 3.16. The van der Waals surface area contributed by atoms with Gasteiger partial charge in [0.1, 0.15) is 17.0 Å². The van der Waals surface area contributed by atoms with E-state index in [-0.39, 0.29) is 16.8 Å². The Morgan fingerprint density at radius 2 is 2.03 bits per heavy atom. The number of hydrogen-bond donors (Lipinski definition) is 2. The maximum absolute atomic E-state index is 13.3. The fourth-order valence-corrected chi connectivity index (χ4v) is 5.56. The molecular weight excluding hydrogens is 442 g/mol. The van der Waals surface area contributed by atoms with Crippen LogP contribution in [-0.2, 0) is 13.1 Å². The van der Waals surface area contributed by atoms with E-state index in [1.165, 1.54) is 12.8 Å². The molecule has 8 heteroatoms. The van der Waals surface area contributed by atoms with Crippen LogP contribution in [0.2, 0.25) is 0 Å². The van der Waals surface area contributed by atoms with E-state index in [9.17, 15) is 9.59 Å². The Balaban J connectivity index is 1.50. The van der Waals surface area contributed by atoms with Crippen molar-refractivity contribution in [3.05, 3.63) is 56.6 Å². The van der Waals surface area contributed by atoms with E-state index in [2.05, 4.69) is 28.0 Å². The molecule has 6 rings (SSSR count). The van der Waals surface area contributed by atoms with Gasteiger partial charge >= 0.3 is 0 Å². The number of aromatic amines is 2. The molecule has 0 aliphatic carbocycles. The van der Waals surface area contributed by atoms with Gasteiger partial charge in [-0.2, -0.15) is 0 Å². The highest BCUT2D eigenvalue weighted by atomic mass is 16.5. The second-order valence-electron chi connectivity index (χ2n) is 10.1. The van der Waals surface area contributed by atoms with E-state index in [1.807, 2.05) is 12.1 Å². The zero-order chi connectivity index (χ0) is 23.9. The molecule has 0 radical (unpaired) electrons. The van der Waals surface area contributed by atoms with Crippen LogP contribution < -0.4 is 15.9 Å². The molecule has 2 aromatic carbocycles. The summed E-state index contributed by atoms with van der Waals surface area (Å²) in [6.07, 6.45) is 5.20. The lowest BCUT2D eigenvalue weighted by Gasteiger charge is -2.31. The molecule has 1 atom stereocenters. The lowest BCUT2D eigenvalue weighted by Crippen LogP contribution is -2.33. The molecular formula is C27H31N5O3. The molecule has 2 aliphatic rings. The second kappa shape index (κ2) is 9.00. The number of piperidine rings is 1. The number of nitrogens with one attached hydrogen (secondary N) is 2. The van der Waals surface area contributed by atoms with E-state index in [1.54, 1.807) is 16.8 Å². The number of para-hydroxylation sites is 1. The number of nitrogens with zero attached hydrogens (tertiary/aromatic N) is 3. The maximum atomic E-state index is 13.3. The van der Waals surface area contributed by atoms with Crippen LogP contribution in [0.3, 0.4) is 0 Å². The van der Waals surface area contributed by atoms with Crippen LogP contribution in [0.1, 0.15) is 44.6 Å². The Morgan fingerprint density at radius 3 is 2.91 bits per heavy atom. The highest BCUT2D eigenvalue weighted by Crippen LogP contribution is 2.30. The predicted molar refractivity (Wildman–Crippen MR) is 137 cm³/mol. The standard InChI is InChI=1S/C27H31N5O3/c1-17-7-6-10-31(15-17)16-18-13-21-25-22(14-18)35-12-4-2-3-11-32-27(34)20-9-5-8-19(23(20)30-32)24(29-25)26(33)28-21/h5,8-9,13-14,17,30H,2-4,6-7,10-12,15-16H2,1H3,(H,28,33). The van der Waals surface area contributed by atoms with Crippen molar-refractivity contribution in [2.45, 2.75) is 52.1 Å². The van der Waals surface area contributed by atoms with Crippen molar-refractivity contribution in [1.82, 2.24) is 24.6 Å². The summed E-state index contributed by atoms with van der Waals surface area (Å²) in [5, 5.41) is 3.80. The maximum Gasteiger partial charge on any atom is 0.275 e. The summed E-state index contributed by atoms with van der Waals surface area (Å²) in [6.45, 7) is 6.48. The molecule has 8 nitrogen and oxygen atoms in total. The van der Waals surface area contributed by atoms with Crippen molar-refractivity contribution in [3.8, 4) is 17.0 Å². The van der Waals surface area contributed by atoms with Crippen molar-refractivity contribution >= 4 is 21.9 Å². The van der Waals surface area contributed by atoms with Gasteiger partial charge in [-0.3, -0.25) is 24.3 Å². The van der Waals surface area contributed by atoms with Crippen LogP contribution in [0.4, 0.5) is 0 Å². The predicted octanol–water partition coefficient (Wildman–Crippen LogP) is 4.03. The van der Waals surface area contributed by atoms with Gasteiger partial charge in [0.05, 0.1) is 23.0 Å². The van der Waals surface area contributed by atoms with Crippen LogP contribution >= 0.6 is 0 Å². The molecule has 0 amide bonds. The third-order valence-corrected chi connectivity index (χ3v) is 7.29. The van der Waals surface area contributed by atoms with Gasteiger partial charge in [-0.1, -0.05) is 19.1 Å². The van der Waals surface area contributed by atoms with Crippen LogP contribution in [0.25, 0.3) is 33.2 Å². The molecule has 1 unspecified atom stereocenters. The number of ether oxygens (including phenoxy) is 1. The number of aromatic nitrogens is 4. The number of H-pyrrole nitrogens is 2. The molecule has 0 saturated carbocycles. The largest absolute Gasteiger partial charge is 0.491 e. The Morgan fingerprint density at radius 1 is 1.11 bits per heavy atom. The van der Waals surface area contributed by atoms with Gasteiger partial charge < -0.3 is 9.72 Å². The minimum Gasteiger partial charge on any atom is -0.491 e. The molecule has 182 valence electrons. The fourth-order valence-electron chi connectivity index (χ4n) is 5.56. The topological polar surface area (TPSA) is 96.0 Å². The van der Waals surface area contributed by atoms with E-state index in [0.29, 0.717) is 52.3 Å². The summed E-state index contributed by atoms with van der Waals surface area (Å²) in [6, 6.07) is 9.55. The molecule has 1 fully saturated rings. The van der Waals surface area contributed by atoms with Crippen molar-refractivity contribution in [1.29, 1.82) is 0 Å². The van der Waals surface area contributed by atoms with Gasteiger partial charge in [-0.05, 0) is 68.3 Å². The van der Waals surface area contributed by atoms with Crippen molar-refractivity contribution in [2.75, 3.05) is 19.7 Å². The number of rotatable bonds is 2. The molecule has 2 aromatic heterocycles. The van der Waals surface area contributed by atoms with E-state index in [4.69, 9.17) is 9.72 Å². The van der Waals surface area contributed by atoms with Crippen LogP contribution in [0, 0.1) is 5.92 Å². The minimum atomic E-state index is -0.277. The normalized spacial score (nSPS) is 19.3. The lowest BCUT2D eigenvalue weighted by molar-refractivity contribution is 0.176. The zero-order valence-electron chi connectivity index (χ0n) is 20.1. The average molecular weight is 474 g/mol. The quantitative estimate of drug-likeness (QED) is 0.458. The highest BCUT2D eigenvalue weighted by molar-refractivity contribution is 5.93. The van der Waals surface area contributed by atoms with Gasteiger partial charge in [0.25, 0.3) is 11.1 Å². The first-order valence-electron chi connectivity index (χ1n) is 12.7. The summed E-state index contributed by atoms with van der Waals surface area (Å²) in [5.74, 6) is 1.40. The summed E-state index contributed by atoms with van der Waals surface area (Å²) in [7, 11) is 0. The Labute approximate surface area is 202 Å². The number of likely N-dealkylation sites (tertiary alicyclic amines) is 1. The number of aryl methyl sites for hydroxylation is 1. The molecule has 2 aliphatic heterocycles. The monoisotopic (exact) mass is 473 g/mol. The van der Waals surface area contributed by atoms with Crippen molar-refractivity contribution in [3.63, 3.8) is 0 Å². The van der Waals surface area contributed by atoms with Gasteiger partial charge in [0.2, 0.25) is 0 Å². The SMILES string of the molecule is CC1CCCN(Cc2cc3c4nc(c(=O)[nH]c4c2)-c2cccc4c(=O)n([nH]c24)CCCCCO3)C1. The zero-order valence-corrected chi connectivity index (χ0v) is 20.1. The fraction of sp³-hybridized carbons (Fsp3) is 0.444. The van der Waals surface area contributed by atoms with E-state index in [0.717, 1.165) is 44.5 Å². The van der Waals surface area contributed by atoms with Crippen LogP contribution in [0.15, 0.2) is 39.9 Å². The van der Waals surface area contributed by atoms with Gasteiger partial charge in [0.15, 0.2) is 0 Å². The number of fused-ring (bicyclic) bond motifs is 3. The Kier molecular flexibility index (Phi) is 5.68. The molecule has 0 spiro atoms. The smallest absolute Gasteiger partial charge is 0.275 e. The highest BCUT2D eigenvalue weighted by Gasteiger charge is 2.20. The Bertz CT molecular complexity index is 1520. The minimum absolute atomic E-state index is 0.0671. The van der Waals surface area contributed by atoms with Crippen molar-refractivity contribution < 1.29 is 4.74 Å². The van der Waals surface area contributed by atoms with Crippen LogP contribution in [0.5, 0.6) is 5.75 Å². The first kappa shape index (κ1) is 22.1. The third-order valence-electron chi connectivity index (χ3n) is 7.29. The molecule has 4 heterocycles. The molecule has 1 saturated heterocycles. The summed E-state index contributed by atoms with van der Waals surface area (Å²) >= 11 is 0. The molecule has 4 bridgehead atoms.